The Hall–Kier alpha value is -2.50. The Kier molecular flexibility index (Phi) is 13.1. The topological polar surface area (TPSA) is 86.7 Å². The first-order chi connectivity index (χ1) is 14.5. The average Bonchev–Trinajstić information content (AvgIpc) is 2.73. The van der Waals surface area contributed by atoms with Crippen molar-refractivity contribution in [2.45, 2.75) is 90.9 Å². The van der Waals surface area contributed by atoms with Gasteiger partial charge in [-0.15, -0.1) is 0 Å². The van der Waals surface area contributed by atoms with Crippen molar-refractivity contribution in [1.29, 1.82) is 0 Å². The number of ether oxygens (including phenoxy) is 2. The Balaban J connectivity index is 2.55. The number of unbranched alkanes of at least 4 members (excludes halogenated alkanes) is 8. The Morgan fingerprint density at radius 1 is 0.600 bits per heavy atom. The van der Waals surface area contributed by atoms with Gasteiger partial charge in [-0.3, -0.25) is 9.59 Å². The predicted octanol–water partition coefficient (Wildman–Crippen LogP) is 5.77. The van der Waals surface area contributed by atoms with Crippen molar-refractivity contribution in [3.8, 4) is 0 Å². The number of esters is 4. The number of rotatable bonds is 14. The maximum atomic E-state index is 12.3. The summed E-state index contributed by atoms with van der Waals surface area (Å²) in [4.78, 5) is 48.5. The highest BCUT2D eigenvalue weighted by Crippen LogP contribution is 2.14. The van der Waals surface area contributed by atoms with Gasteiger partial charge in [-0.1, -0.05) is 77.3 Å². The summed E-state index contributed by atoms with van der Waals surface area (Å²) >= 11 is 0. The van der Waals surface area contributed by atoms with E-state index in [1.807, 2.05) is 0 Å². The summed E-state index contributed by atoms with van der Waals surface area (Å²) < 4.78 is 9.74. The van der Waals surface area contributed by atoms with Crippen LogP contribution < -0.4 is 0 Å². The molecule has 0 aliphatic carbocycles. The zero-order valence-electron chi connectivity index (χ0n) is 18.2. The van der Waals surface area contributed by atoms with Crippen molar-refractivity contribution < 1.29 is 28.7 Å². The third kappa shape index (κ3) is 10.3. The standard InChI is InChI=1S/C24H34O6/c1-3-5-7-9-11-17-21(25)29-23(27)19-15-13-14-16-20(19)24(28)30-22(26)18-12-10-8-6-4-2/h13-16H,3-12,17-18H2,1-2H3. The Morgan fingerprint density at radius 2 is 0.967 bits per heavy atom. The zero-order valence-corrected chi connectivity index (χ0v) is 18.2. The van der Waals surface area contributed by atoms with E-state index in [1.54, 1.807) is 12.1 Å². The molecule has 1 aromatic rings. The minimum atomic E-state index is -0.909. The Bertz CT molecular complexity index is 636. The van der Waals surface area contributed by atoms with Gasteiger partial charge in [-0.2, -0.15) is 0 Å². The minimum absolute atomic E-state index is 0.0856. The van der Waals surface area contributed by atoms with Crippen molar-refractivity contribution in [2.24, 2.45) is 0 Å². The van der Waals surface area contributed by atoms with E-state index in [4.69, 9.17) is 9.47 Å². The molecule has 0 amide bonds. The van der Waals surface area contributed by atoms with E-state index >= 15 is 0 Å². The second-order valence-corrected chi connectivity index (χ2v) is 7.40. The van der Waals surface area contributed by atoms with E-state index in [-0.39, 0.29) is 24.0 Å². The molecule has 1 rings (SSSR count). The highest BCUT2D eigenvalue weighted by Gasteiger charge is 2.22. The van der Waals surface area contributed by atoms with Gasteiger partial charge < -0.3 is 9.47 Å². The van der Waals surface area contributed by atoms with Crippen molar-refractivity contribution in [3.63, 3.8) is 0 Å². The van der Waals surface area contributed by atoms with Crippen LogP contribution in [0.25, 0.3) is 0 Å². The van der Waals surface area contributed by atoms with E-state index in [9.17, 15) is 19.2 Å². The first-order valence-corrected chi connectivity index (χ1v) is 11.1. The van der Waals surface area contributed by atoms with Crippen molar-refractivity contribution >= 4 is 23.9 Å². The molecule has 0 atom stereocenters. The van der Waals surface area contributed by atoms with Crippen LogP contribution >= 0.6 is 0 Å². The number of hydrogen-bond acceptors (Lipinski definition) is 6. The lowest BCUT2D eigenvalue weighted by molar-refractivity contribution is -0.139. The fourth-order valence-corrected chi connectivity index (χ4v) is 3.00. The van der Waals surface area contributed by atoms with Crippen LogP contribution in [-0.2, 0) is 19.1 Å². The normalized spacial score (nSPS) is 10.5. The Labute approximate surface area is 179 Å². The quantitative estimate of drug-likeness (QED) is 0.216. The summed E-state index contributed by atoms with van der Waals surface area (Å²) in [6, 6.07) is 5.86. The summed E-state index contributed by atoms with van der Waals surface area (Å²) in [5, 5.41) is 0. The lowest BCUT2D eigenvalue weighted by Crippen LogP contribution is -2.19. The van der Waals surface area contributed by atoms with Crippen LogP contribution in [0.2, 0.25) is 0 Å². The smallest absolute Gasteiger partial charge is 0.346 e. The molecule has 0 N–H and O–H groups in total. The Morgan fingerprint density at radius 3 is 1.33 bits per heavy atom. The molecule has 0 heterocycles. The van der Waals surface area contributed by atoms with E-state index in [0.29, 0.717) is 12.8 Å². The molecule has 30 heavy (non-hydrogen) atoms. The van der Waals surface area contributed by atoms with Gasteiger partial charge in [0.1, 0.15) is 0 Å². The highest BCUT2D eigenvalue weighted by atomic mass is 16.6. The van der Waals surface area contributed by atoms with E-state index < -0.39 is 23.9 Å². The molecule has 0 aliphatic rings. The minimum Gasteiger partial charge on any atom is -0.389 e. The van der Waals surface area contributed by atoms with Gasteiger partial charge in [0.15, 0.2) is 0 Å². The molecule has 0 bridgehead atoms. The van der Waals surface area contributed by atoms with Gasteiger partial charge in [0.2, 0.25) is 0 Å². The van der Waals surface area contributed by atoms with E-state index in [2.05, 4.69) is 13.8 Å². The molecular formula is C24H34O6. The van der Waals surface area contributed by atoms with Gasteiger partial charge in [-0.05, 0) is 25.0 Å². The van der Waals surface area contributed by atoms with Gasteiger partial charge in [0, 0.05) is 12.8 Å². The van der Waals surface area contributed by atoms with Crippen LogP contribution in [0.1, 0.15) is 112 Å². The average molecular weight is 419 g/mol. The molecule has 0 fully saturated rings. The summed E-state index contributed by atoms with van der Waals surface area (Å²) in [5.74, 6) is -3.06. The van der Waals surface area contributed by atoms with Crippen molar-refractivity contribution in [3.05, 3.63) is 35.4 Å². The highest BCUT2D eigenvalue weighted by molar-refractivity contribution is 6.07. The predicted molar refractivity (Wildman–Crippen MR) is 114 cm³/mol. The van der Waals surface area contributed by atoms with E-state index in [1.165, 1.54) is 12.1 Å². The van der Waals surface area contributed by atoms with Gasteiger partial charge in [0.25, 0.3) is 0 Å². The van der Waals surface area contributed by atoms with Crippen LogP contribution in [0.3, 0.4) is 0 Å². The summed E-state index contributed by atoms with van der Waals surface area (Å²) in [7, 11) is 0. The molecule has 0 radical (unpaired) electrons. The number of carbonyl (C=O) groups excluding carboxylic acids is 4. The lowest BCUT2D eigenvalue weighted by Gasteiger charge is -2.08. The SMILES string of the molecule is CCCCCCCC(=O)OC(=O)c1ccccc1C(=O)OC(=O)CCCCCCC. The van der Waals surface area contributed by atoms with Gasteiger partial charge in [0.05, 0.1) is 11.1 Å². The molecule has 0 spiro atoms. The number of hydrogen-bond donors (Lipinski definition) is 0. The van der Waals surface area contributed by atoms with Crippen LogP contribution in [-0.4, -0.2) is 23.9 Å². The number of benzene rings is 1. The molecule has 0 saturated carbocycles. The second-order valence-electron chi connectivity index (χ2n) is 7.40. The molecule has 6 nitrogen and oxygen atoms in total. The zero-order chi connectivity index (χ0) is 22.2. The molecule has 0 aromatic heterocycles. The molecule has 0 unspecified atom stereocenters. The fraction of sp³-hybridized carbons (Fsp3) is 0.583. The van der Waals surface area contributed by atoms with Gasteiger partial charge >= 0.3 is 23.9 Å². The third-order valence-electron chi connectivity index (χ3n) is 4.75. The second kappa shape index (κ2) is 15.4. The number of carbonyl (C=O) groups is 4. The van der Waals surface area contributed by atoms with Gasteiger partial charge in [-0.25, -0.2) is 9.59 Å². The summed E-state index contributed by atoms with van der Waals surface area (Å²) in [6.45, 7) is 4.22. The summed E-state index contributed by atoms with van der Waals surface area (Å²) in [5.41, 5.74) is -0.171. The maximum Gasteiger partial charge on any atom is 0.346 e. The van der Waals surface area contributed by atoms with Crippen molar-refractivity contribution in [1.82, 2.24) is 0 Å². The van der Waals surface area contributed by atoms with Crippen LogP contribution in [0.15, 0.2) is 24.3 Å². The van der Waals surface area contributed by atoms with Crippen LogP contribution in [0.4, 0.5) is 0 Å². The fourth-order valence-electron chi connectivity index (χ4n) is 3.00. The van der Waals surface area contributed by atoms with Crippen molar-refractivity contribution in [2.75, 3.05) is 0 Å². The third-order valence-corrected chi connectivity index (χ3v) is 4.75. The largest absolute Gasteiger partial charge is 0.389 e. The molecule has 6 heteroatoms. The maximum absolute atomic E-state index is 12.3. The molecule has 166 valence electrons. The van der Waals surface area contributed by atoms with E-state index in [0.717, 1.165) is 51.4 Å². The monoisotopic (exact) mass is 418 g/mol. The lowest BCUT2D eigenvalue weighted by atomic mass is 10.1. The first-order valence-electron chi connectivity index (χ1n) is 11.1. The molecule has 0 aliphatic heterocycles. The van der Waals surface area contributed by atoms with Crippen LogP contribution in [0, 0.1) is 0 Å². The first kappa shape index (κ1) is 25.5. The molecular weight excluding hydrogens is 384 g/mol. The molecule has 0 saturated heterocycles. The van der Waals surface area contributed by atoms with Crippen LogP contribution in [0.5, 0.6) is 0 Å². The molecule has 1 aromatic carbocycles. The summed E-state index contributed by atoms with van der Waals surface area (Å²) in [6.07, 6.45) is 9.94.